The summed E-state index contributed by atoms with van der Waals surface area (Å²) >= 11 is 0. The molecule has 0 saturated heterocycles. The molecule has 0 amide bonds. The topological polar surface area (TPSA) is 66.6 Å². The monoisotopic (exact) mass is 175 g/mol. The molecule has 0 aliphatic carbocycles. The lowest BCUT2D eigenvalue weighted by atomic mass is 10.4. The van der Waals surface area contributed by atoms with Gasteiger partial charge in [0.05, 0.1) is 6.20 Å². The average molecular weight is 175 g/mol. The van der Waals surface area contributed by atoms with Crippen molar-refractivity contribution in [3.05, 3.63) is 28.4 Å². The summed E-state index contributed by atoms with van der Waals surface area (Å²) in [5.74, 6) is 5.81. The van der Waals surface area contributed by atoms with Crippen LogP contribution in [0.4, 0.5) is 0 Å². The van der Waals surface area contributed by atoms with Crippen molar-refractivity contribution < 1.29 is 0 Å². The van der Waals surface area contributed by atoms with Gasteiger partial charge in [-0.1, -0.05) is 11.0 Å². The first kappa shape index (κ1) is 9.17. The molecule has 13 heavy (non-hydrogen) atoms. The van der Waals surface area contributed by atoms with Gasteiger partial charge in [-0.3, -0.25) is 4.68 Å². The van der Waals surface area contributed by atoms with Gasteiger partial charge in [0.25, 0.3) is 0 Å². The lowest BCUT2D eigenvalue weighted by Crippen LogP contribution is -1.92. The summed E-state index contributed by atoms with van der Waals surface area (Å²) in [6, 6.07) is 1.83. The van der Waals surface area contributed by atoms with Gasteiger partial charge in [-0.15, -0.1) is 0 Å². The van der Waals surface area contributed by atoms with Crippen molar-refractivity contribution in [3.63, 3.8) is 0 Å². The molecule has 0 radical (unpaired) electrons. The molecule has 0 spiro atoms. The maximum atomic E-state index is 7.99. The number of aryl methyl sites for hydroxylation is 1. The average Bonchev–Trinajstić information content (AvgIpc) is 2.52. The summed E-state index contributed by atoms with van der Waals surface area (Å²) in [7, 11) is 1.83. The molecule has 0 aliphatic rings. The molecule has 1 heterocycles. The molecular formula is C8H9N5. The SMILES string of the molecule is Cn1nccc1C#CCCN=[N+]=[N-]. The first-order valence-electron chi connectivity index (χ1n) is 3.82. The molecule has 1 aromatic heterocycles. The van der Waals surface area contributed by atoms with E-state index >= 15 is 0 Å². The number of nitrogens with zero attached hydrogens (tertiary/aromatic N) is 5. The molecule has 0 saturated carbocycles. The van der Waals surface area contributed by atoms with E-state index in [1.807, 2.05) is 13.1 Å². The van der Waals surface area contributed by atoms with Crippen LogP contribution >= 0.6 is 0 Å². The molecule has 1 aromatic rings. The van der Waals surface area contributed by atoms with E-state index in [1.54, 1.807) is 10.9 Å². The van der Waals surface area contributed by atoms with Gasteiger partial charge in [0, 0.05) is 24.9 Å². The van der Waals surface area contributed by atoms with E-state index in [2.05, 4.69) is 27.0 Å². The summed E-state index contributed by atoms with van der Waals surface area (Å²) in [4.78, 5) is 2.63. The van der Waals surface area contributed by atoms with Gasteiger partial charge in [-0.25, -0.2) is 0 Å². The molecule has 0 fully saturated rings. The molecule has 0 atom stereocenters. The van der Waals surface area contributed by atoms with Crippen LogP contribution in [-0.2, 0) is 7.05 Å². The van der Waals surface area contributed by atoms with Crippen LogP contribution in [0, 0.1) is 11.8 Å². The predicted octanol–water partition coefficient (Wildman–Crippen LogP) is 1.47. The second-order valence-corrected chi connectivity index (χ2v) is 2.35. The van der Waals surface area contributed by atoms with Crippen molar-refractivity contribution in [2.45, 2.75) is 6.42 Å². The summed E-state index contributed by atoms with van der Waals surface area (Å²) in [5, 5.41) is 7.33. The summed E-state index contributed by atoms with van der Waals surface area (Å²) in [5.41, 5.74) is 8.85. The molecule has 0 bridgehead atoms. The van der Waals surface area contributed by atoms with Crippen LogP contribution in [-0.4, -0.2) is 16.3 Å². The third kappa shape index (κ3) is 2.89. The molecule has 0 aromatic carbocycles. The molecule has 1 rings (SSSR count). The molecule has 0 unspecified atom stereocenters. The first-order valence-corrected chi connectivity index (χ1v) is 3.82. The molecule has 0 aliphatic heterocycles. The van der Waals surface area contributed by atoms with E-state index in [1.165, 1.54) is 0 Å². The number of rotatable bonds is 2. The van der Waals surface area contributed by atoms with Crippen molar-refractivity contribution in [1.82, 2.24) is 9.78 Å². The molecule has 5 nitrogen and oxygen atoms in total. The summed E-state index contributed by atoms with van der Waals surface area (Å²) in [6.45, 7) is 0.418. The smallest absolute Gasteiger partial charge is 0.110 e. The Bertz CT molecular complexity index is 375. The van der Waals surface area contributed by atoms with E-state index in [4.69, 9.17) is 5.53 Å². The fourth-order valence-electron chi connectivity index (χ4n) is 0.800. The van der Waals surface area contributed by atoms with Gasteiger partial charge < -0.3 is 0 Å². The normalized spacial score (nSPS) is 8.38. The van der Waals surface area contributed by atoms with Gasteiger partial charge in [0.15, 0.2) is 0 Å². The predicted molar refractivity (Wildman–Crippen MR) is 48.7 cm³/mol. The Morgan fingerprint density at radius 1 is 1.77 bits per heavy atom. The second kappa shape index (κ2) is 4.86. The fourth-order valence-corrected chi connectivity index (χ4v) is 0.800. The third-order valence-corrected chi connectivity index (χ3v) is 1.44. The van der Waals surface area contributed by atoms with Gasteiger partial charge in [-0.2, -0.15) is 5.10 Å². The standard InChI is InChI=1S/C8H9N5/c1-13-8(5-7-11-13)4-2-3-6-10-12-9/h5,7H,3,6H2,1H3. The van der Waals surface area contributed by atoms with Crippen molar-refractivity contribution in [2.75, 3.05) is 6.54 Å². The van der Waals surface area contributed by atoms with E-state index in [-0.39, 0.29) is 0 Å². The van der Waals surface area contributed by atoms with Crippen LogP contribution in [0.15, 0.2) is 17.4 Å². The molecule has 66 valence electrons. The lowest BCUT2D eigenvalue weighted by molar-refractivity contribution is 0.757. The number of hydrogen-bond acceptors (Lipinski definition) is 2. The Morgan fingerprint density at radius 3 is 3.23 bits per heavy atom. The highest BCUT2D eigenvalue weighted by molar-refractivity contribution is 5.26. The summed E-state index contributed by atoms with van der Waals surface area (Å²) in [6.07, 6.45) is 2.27. The Labute approximate surface area is 76.0 Å². The minimum atomic E-state index is 0.418. The number of aromatic nitrogens is 2. The van der Waals surface area contributed by atoms with Crippen LogP contribution in [0.3, 0.4) is 0 Å². The Hall–Kier alpha value is -1.92. The maximum Gasteiger partial charge on any atom is 0.110 e. The zero-order chi connectivity index (χ0) is 9.52. The van der Waals surface area contributed by atoms with Crippen LogP contribution in [0.2, 0.25) is 0 Å². The van der Waals surface area contributed by atoms with Gasteiger partial charge in [0.2, 0.25) is 0 Å². The Kier molecular flexibility index (Phi) is 3.43. The number of azide groups is 1. The Morgan fingerprint density at radius 2 is 2.62 bits per heavy atom. The quantitative estimate of drug-likeness (QED) is 0.220. The highest BCUT2D eigenvalue weighted by Crippen LogP contribution is 1.92. The van der Waals surface area contributed by atoms with Crippen molar-refractivity contribution in [3.8, 4) is 11.8 Å². The zero-order valence-electron chi connectivity index (χ0n) is 7.30. The highest BCUT2D eigenvalue weighted by Gasteiger charge is 1.89. The second-order valence-electron chi connectivity index (χ2n) is 2.35. The lowest BCUT2D eigenvalue weighted by Gasteiger charge is -1.88. The maximum absolute atomic E-state index is 7.99. The van der Waals surface area contributed by atoms with E-state index in [0.717, 1.165) is 5.69 Å². The van der Waals surface area contributed by atoms with Gasteiger partial charge in [0.1, 0.15) is 5.69 Å². The van der Waals surface area contributed by atoms with E-state index in [9.17, 15) is 0 Å². The van der Waals surface area contributed by atoms with Crippen LogP contribution in [0.5, 0.6) is 0 Å². The largest absolute Gasteiger partial charge is 0.260 e. The molecular weight excluding hydrogens is 166 g/mol. The molecule has 5 heteroatoms. The number of hydrogen-bond donors (Lipinski definition) is 0. The molecule has 0 N–H and O–H groups in total. The van der Waals surface area contributed by atoms with Crippen molar-refractivity contribution in [2.24, 2.45) is 12.2 Å². The van der Waals surface area contributed by atoms with Gasteiger partial charge >= 0.3 is 0 Å². The van der Waals surface area contributed by atoms with Crippen molar-refractivity contribution >= 4 is 0 Å². The Balaban J connectivity index is 2.48. The minimum absolute atomic E-state index is 0.418. The zero-order valence-corrected chi connectivity index (χ0v) is 7.30. The minimum Gasteiger partial charge on any atom is -0.260 e. The van der Waals surface area contributed by atoms with Crippen molar-refractivity contribution in [1.29, 1.82) is 0 Å². The summed E-state index contributed by atoms with van der Waals surface area (Å²) < 4.78 is 1.70. The van der Waals surface area contributed by atoms with E-state index in [0.29, 0.717) is 13.0 Å². The van der Waals surface area contributed by atoms with Crippen LogP contribution in [0.25, 0.3) is 10.4 Å². The van der Waals surface area contributed by atoms with Crippen LogP contribution < -0.4 is 0 Å². The third-order valence-electron chi connectivity index (χ3n) is 1.44. The van der Waals surface area contributed by atoms with E-state index < -0.39 is 0 Å². The van der Waals surface area contributed by atoms with Crippen LogP contribution in [0.1, 0.15) is 12.1 Å². The fraction of sp³-hybridized carbons (Fsp3) is 0.375. The highest BCUT2D eigenvalue weighted by atomic mass is 15.2. The first-order chi connectivity index (χ1) is 6.34. The van der Waals surface area contributed by atoms with Gasteiger partial charge in [-0.05, 0) is 17.5 Å².